The Bertz CT molecular complexity index is 988. The van der Waals surface area contributed by atoms with Gasteiger partial charge in [-0.3, -0.25) is 10.1 Å². The van der Waals surface area contributed by atoms with Crippen LogP contribution < -0.4 is 5.32 Å². The summed E-state index contributed by atoms with van der Waals surface area (Å²) in [7, 11) is 1.63. The molecule has 0 radical (unpaired) electrons. The minimum atomic E-state index is -0.532. The molecule has 3 aromatic heterocycles. The molecule has 3 rings (SSSR count). The number of rotatable bonds is 7. The first-order valence-electron chi connectivity index (χ1n) is 8.45. The molecule has 0 spiro atoms. The summed E-state index contributed by atoms with van der Waals surface area (Å²) in [5.41, 5.74) is 3.22. The van der Waals surface area contributed by atoms with Crippen molar-refractivity contribution in [3.8, 4) is 33.0 Å². The van der Waals surface area contributed by atoms with Gasteiger partial charge in [-0.2, -0.15) is 5.10 Å². The summed E-state index contributed by atoms with van der Waals surface area (Å²) in [6.45, 7) is 2.38. The lowest BCUT2D eigenvalue weighted by Gasteiger charge is -2.02. The standard InChI is InChI=1S/C19H19N5O3S/c1-3-4-8-27-19(25)21-11-14-9-15(24-23-14)17-16(12-26-2)22-18(28-17)13-6-5-7-20-10-13/h5-7,9-10H,8,11-12H2,1-2H3,(H,21,25)(H,23,24). The number of alkyl carbamates (subject to hydrolysis) is 1. The summed E-state index contributed by atoms with van der Waals surface area (Å²) in [4.78, 5) is 21.3. The average molecular weight is 397 g/mol. The number of carbonyl (C=O) groups excluding carboxylic acids is 1. The lowest BCUT2D eigenvalue weighted by molar-refractivity contribution is 0.159. The number of thiazole rings is 1. The third-order valence-electron chi connectivity index (χ3n) is 3.63. The second-order valence-corrected chi connectivity index (χ2v) is 6.60. The zero-order chi connectivity index (χ0) is 19.8. The molecule has 28 heavy (non-hydrogen) atoms. The van der Waals surface area contributed by atoms with Crippen molar-refractivity contribution in [2.45, 2.75) is 20.1 Å². The number of H-pyrrole nitrogens is 1. The minimum absolute atomic E-state index is 0.0644. The smallest absolute Gasteiger partial charge is 0.408 e. The molecule has 0 atom stereocenters. The Kier molecular flexibility index (Phi) is 6.73. The summed E-state index contributed by atoms with van der Waals surface area (Å²) in [6.07, 6.45) is 2.96. The van der Waals surface area contributed by atoms with E-state index in [1.54, 1.807) is 26.4 Å². The lowest BCUT2D eigenvalue weighted by Crippen LogP contribution is -2.24. The van der Waals surface area contributed by atoms with Crippen molar-refractivity contribution in [2.24, 2.45) is 0 Å². The molecule has 0 bridgehead atoms. The number of carbonyl (C=O) groups is 1. The van der Waals surface area contributed by atoms with Crippen LogP contribution in [0.5, 0.6) is 0 Å². The molecule has 0 aliphatic carbocycles. The van der Waals surface area contributed by atoms with E-state index in [2.05, 4.69) is 37.3 Å². The van der Waals surface area contributed by atoms with E-state index in [0.29, 0.717) is 6.61 Å². The Morgan fingerprint density at radius 2 is 2.32 bits per heavy atom. The van der Waals surface area contributed by atoms with Crippen molar-refractivity contribution in [3.63, 3.8) is 0 Å². The molecular formula is C19H19N5O3S. The van der Waals surface area contributed by atoms with E-state index in [0.717, 1.165) is 32.5 Å². The first kappa shape index (κ1) is 19.5. The summed E-state index contributed by atoms with van der Waals surface area (Å²) >= 11 is 1.52. The number of amides is 1. The van der Waals surface area contributed by atoms with Crippen molar-refractivity contribution in [3.05, 3.63) is 42.0 Å². The highest BCUT2D eigenvalue weighted by Crippen LogP contribution is 2.35. The molecule has 2 N–H and O–H groups in total. The van der Waals surface area contributed by atoms with Crippen LogP contribution in [-0.2, 0) is 22.6 Å². The van der Waals surface area contributed by atoms with Crippen molar-refractivity contribution in [1.82, 2.24) is 25.5 Å². The molecule has 0 saturated carbocycles. The zero-order valence-electron chi connectivity index (χ0n) is 15.5. The van der Waals surface area contributed by atoms with E-state index in [-0.39, 0.29) is 13.2 Å². The fourth-order valence-corrected chi connectivity index (χ4v) is 3.38. The number of hydrogen-bond donors (Lipinski definition) is 2. The zero-order valence-corrected chi connectivity index (χ0v) is 16.3. The maximum absolute atomic E-state index is 11.6. The van der Waals surface area contributed by atoms with Gasteiger partial charge in [0.05, 0.1) is 29.4 Å². The largest absolute Gasteiger partial charge is 0.436 e. The highest BCUT2D eigenvalue weighted by atomic mass is 32.1. The van der Waals surface area contributed by atoms with Crippen LogP contribution in [0.15, 0.2) is 30.6 Å². The van der Waals surface area contributed by atoms with Crippen molar-refractivity contribution in [1.29, 1.82) is 0 Å². The van der Waals surface area contributed by atoms with Crippen LogP contribution in [-0.4, -0.2) is 40.0 Å². The molecule has 0 aromatic carbocycles. The van der Waals surface area contributed by atoms with Gasteiger partial charge in [-0.25, -0.2) is 9.78 Å². The van der Waals surface area contributed by atoms with Gasteiger partial charge in [0.25, 0.3) is 0 Å². The maximum Gasteiger partial charge on any atom is 0.408 e. The van der Waals surface area contributed by atoms with Gasteiger partial charge >= 0.3 is 6.09 Å². The number of nitrogens with one attached hydrogen (secondary N) is 2. The van der Waals surface area contributed by atoms with E-state index in [4.69, 9.17) is 9.47 Å². The maximum atomic E-state index is 11.6. The molecule has 0 aliphatic rings. The molecule has 0 saturated heterocycles. The van der Waals surface area contributed by atoms with E-state index >= 15 is 0 Å². The molecule has 144 valence electrons. The van der Waals surface area contributed by atoms with Crippen LogP contribution >= 0.6 is 11.3 Å². The molecule has 1 amide bonds. The first-order chi connectivity index (χ1) is 13.7. The van der Waals surface area contributed by atoms with Crippen LogP contribution in [0.25, 0.3) is 21.1 Å². The number of hydrogen-bond acceptors (Lipinski definition) is 7. The number of methoxy groups -OCH3 is 1. The molecule has 8 nitrogen and oxygen atoms in total. The van der Waals surface area contributed by atoms with Gasteiger partial charge in [0, 0.05) is 25.1 Å². The van der Waals surface area contributed by atoms with Crippen LogP contribution in [0.3, 0.4) is 0 Å². The summed E-state index contributed by atoms with van der Waals surface area (Å²) < 4.78 is 10.2. The normalized spacial score (nSPS) is 10.2. The van der Waals surface area contributed by atoms with Gasteiger partial charge in [-0.1, -0.05) is 5.92 Å². The van der Waals surface area contributed by atoms with Gasteiger partial charge in [0.1, 0.15) is 10.7 Å². The highest BCUT2D eigenvalue weighted by Gasteiger charge is 2.17. The van der Waals surface area contributed by atoms with Crippen molar-refractivity contribution in [2.75, 3.05) is 13.7 Å². The molecular weight excluding hydrogens is 378 g/mol. The van der Waals surface area contributed by atoms with E-state index < -0.39 is 6.09 Å². The fraction of sp³-hybridized carbons (Fsp3) is 0.263. The quantitative estimate of drug-likeness (QED) is 0.594. The van der Waals surface area contributed by atoms with Gasteiger partial charge in [-0.15, -0.1) is 17.3 Å². The highest BCUT2D eigenvalue weighted by molar-refractivity contribution is 7.18. The summed E-state index contributed by atoms with van der Waals surface area (Å²) in [5.74, 6) is 5.32. The van der Waals surface area contributed by atoms with Gasteiger partial charge in [0.2, 0.25) is 0 Å². The summed E-state index contributed by atoms with van der Waals surface area (Å²) in [5, 5.41) is 10.8. The fourth-order valence-electron chi connectivity index (χ4n) is 2.36. The van der Waals surface area contributed by atoms with Crippen LogP contribution in [0.4, 0.5) is 4.79 Å². The molecule has 0 unspecified atom stereocenters. The third-order valence-corrected chi connectivity index (χ3v) is 4.80. The monoisotopic (exact) mass is 397 g/mol. The lowest BCUT2D eigenvalue weighted by atomic mass is 10.2. The number of aromatic nitrogens is 4. The van der Waals surface area contributed by atoms with Crippen LogP contribution in [0, 0.1) is 11.8 Å². The molecule has 3 heterocycles. The number of ether oxygens (including phenoxy) is 2. The topological polar surface area (TPSA) is 102 Å². The molecule has 0 fully saturated rings. The Morgan fingerprint density at radius 1 is 1.43 bits per heavy atom. The number of aromatic amines is 1. The third kappa shape index (κ3) is 4.94. The Morgan fingerprint density at radius 3 is 3.07 bits per heavy atom. The van der Waals surface area contributed by atoms with E-state index in [1.165, 1.54) is 11.3 Å². The minimum Gasteiger partial charge on any atom is -0.436 e. The second kappa shape index (κ2) is 9.64. The van der Waals surface area contributed by atoms with E-state index in [1.807, 2.05) is 18.2 Å². The van der Waals surface area contributed by atoms with Crippen LogP contribution in [0.2, 0.25) is 0 Å². The second-order valence-electron chi connectivity index (χ2n) is 5.60. The average Bonchev–Trinajstić information content (AvgIpc) is 3.34. The van der Waals surface area contributed by atoms with Crippen molar-refractivity contribution < 1.29 is 14.3 Å². The predicted octanol–water partition coefficient (Wildman–Crippen LogP) is 2.99. The van der Waals surface area contributed by atoms with Crippen LogP contribution in [0.1, 0.15) is 18.3 Å². The summed E-state index contributed by atoms with van der Waals surface area (Å²) in [6, 6.07) is 5.70. The SMILES string of the molecule is CC#CCOC(=O)NCc1cc(-c2sc(-c3cccnc3)nc2COC)n[nH]1. The Labute approximate surface area is 166 Å². The van der Waals surface area contributed by atoms with Gasteiger partial charge in [-0.05, 0) is 25.1 Å². The molecule has 9 heteroatoms. The number of nitrogens with zero attached hydrogens (tertiary/aromatic N) is 3. The van der Waals surface area contributed by atoms with Gasteiger partial charge < -0.3 is 14.8 Å². The first-order valence-corrected chi connectivity index (χ1v) is 9.26. The van der Waals surface area contributed by atoms with E-state index in [9.17, 15) is 4.79 Å². The predicted molar refractivity (Wildman–Crippen MR) is 105 cm³/mol. The Balaban J connectivity index is 1.73. The van der Waals surface area contributed by atoms with Gasteiger partial charge in [0.15, 0.2) is 6.61 Å². The molecule has 3 aromatic rings. The number of pyridine rings is 1. The van der Waals surface area contributed by atoms with Crippen molar-refractivity contribution >= 4 is 17.4 Å². The Hall–Kier alpha value is -3.22. The molecule has 0 aliphatic heterocycles.